The zero-order valence-corrected chi connectivity index (χ0v) is 6.32. The second-order valence-electron chi connectivity index (χ2n) is 2.07. The lowest BCUT2D eigenvalue weighted by atomic mass is 10.0. The molecule has 1 aliphatic rings. The molecule has 1 unspecified atom stereocenters. The fourth-order valence-corrected chi connectivity index (χ4v) is 1.12. The summed E-state index contributed by atoms with van der Waals surface area (Å²) in [7, 11) is 0. The standard InChI is InChI=1S/C7H9Br/c1-6-2-4-7(8)5-3-6/h2,4,7H,1,3,5H2. The second-order valence-corrected chi connectivity index (χ2v) is 3.25. The first kappa shape index (κ1) is 6.09. The van der Waals surface area contributed by atoms with Gasteiger partial charge in [-0.25, -0.2) is 0 Å². The van der Waals surface area contributed by atoms with E-state index in [0.29, 0.717) is 4.83 Å². The maximum atomic E-state index is 3.84. The summed E-state index contributed by atoms with van der Waals surface area (Å²) in [6, 6.07) is 0. The summed E-state index contributed by atoms with van der Waals surface area (Å²) in [4.78, 5) is 0.591. The minimum atomic E-state index is 0.591. The monoisotopic (exact) mass is 172 g/mol. The van der Waals surface area contributed by atoms with Gasteiger partial charge in [0.1, 0.15) is 0 Å². The summed E-state index contributed by atoms with van der Waals surface area (Å²) in [6.07, 6.45) is 6.58. The molecule has 44 valence electrons. The van der Waals surface area contributed by atoms with Crippen LogP contribution in [0.5, 0.6) is 0 Å². The van der Waals surface area contributed by atoms with Crippen LogP contribution in [0.15, 0.2) is 24.3 Å². The second kappa shape index (κ2) is 2.49. The first-order valence-corrected chi connectivity index (χ1v) is 3.70. The van der Waals surface area contributed by atoms with Crippen LogP contribution in [0.4, 0.5) is 0 Å². The minimum absolute atomic E-state index is 0.591. The molecule has 0 bridgehead atoms. The Morgan fingerprint density at radius 2 is 2.50 bits per heavy atom. The van der Waals surface area contributed by atoms with Crippen LogP contribution < -0.4 is 0 Å². The van der Waals surface area contributed by atoms with E-state index in [-0.39, 0.29) is 0 Å². The molecule has 0 fully saturated rings. The highest BCUT2D eigenvalue weighted by molar-refractivity contribution is 9.09. The van der Waals surface area contributed by atoms with E-state index in [9.17, 15) is 0 Å². The van der Waals surface area contributed by atoms with Gasteiger partial charge in [0, 0.05) is 4.83 Å². The van der Waals surface area contributed by atoms with Gasteiger partial charge in [-0.05, 0) is 12.8 Å². The topological polar surface area (TPSA) is 0 Å². The van der Waals surface area contributed by atoms with Gasteiger partial charge in [-0.3, -0.25) is 0 Å². The van der Waals surface area contributed by atoms with E-state index in [0.717, 1.165) is 6.42 Å². The zero-order chi connectivity index (χ0) is 5.98. The molecule has 8 heavy (non-hydrogen) atoms. The van der Waals surface area contributed by atoms with E-state index >= 15 is 0 Å². The van der Waals surface area contributed by atoms with Gasteiger partial charge >= 0.3 is 0 Å². The summed E-state index contributed by atoms with van der Waals surface area (Å²) >= 11 is 3.49. The molecule has 0 saturated heterocycles. The Morgan fingerprint density at radius 3 is 2.88 bits per heavy atom. The maximum absolute atomic E-state index is 3.84. The van der Waals surface area contributed by atoms with Crippen LogP contribution in [0, 0.1) is 0 Å². The van der Waals surface area contributed by atoms with Crippen molar-refractivity contribution in [3.05, 3.63) is 24.3 Å². The highest BCUT2D eigenvalue weighted by Crippen LogP contribution is 2.19. The van der Waals surface area contributed by atoms with Crippen molar-refractivity contribution in [1.82, 2.24) is 0 Å². The molecule has 0 aromatic rings. The number of rotatable bonds is 0. The average Bonchev–Trinajstić information content (AvgIpc) is 1.77. The molecule has 0 nitrogen and oxygen atoms in total. The van der Waals surface area contributed by atoms with E-state index in [1.165, 1.54) is 12.0 Å². The van der Waals surface area contributed by atoms with Crippen molar-refractivity contribution in [2.75, 3.05) is 0 Å². The highest BCUT2D eigenvalue weighted by atomic mass is 79.9. The molecule has 1 heteroatoms. The Labute approximate surface area is 58.4 Å². The highest BCUT2D eigenvalue weighted by Gasteiger charge is 2.03. The first-order valence-electron chi connectivity index (χ1n) is 2.79. The van der Waals surface area contributed by atoms with Gasteiger partial charge in [-0.1, -0.05) is 40.2 Å². The third kappa shape index (κ3) is 1.48. The van der Waals surface area contributed by atoms with E-state index in [1.54, 1.807) is 0 Å². The van der Waals surface area contributed by atoms with Gasteiger partial charge in [0.05, 0.1) is 0 Å². The third-order valence-corrected chi connectivity index (χ3v) is 2.05. The quantitative estimate of drug-likeness (QED) is 0.494. The van der Waals surface area contributed by atoms with Crippen molar-refractivity contribution in [2.24, 2.45) is 0 Å². The van der Waals surface area contributed by atoms with E-state index in [2.05, 4.69) is 34.7 Å². The molecule has 0 radical (unpaired) electrons. The predicted octanol–water partition coefficient (Wildman–Crippen LogP) is 2.66. The average molecular weight is 173 g/mol. The molecule has 0 amide bonds. The zero-order valence-electron chi connectivity index (χ0n) is 4.73. The summed E-state index contributed by atoms with van der Waals surface area (Å²) in [5, 5.41) is 0. The smallest absolute Gasteiger partial charge is 0.0331 e. The lowest BCUT2D eigenvalue weighted by Gasteiger charge is -2.09. The SMILES string of the molecule is C=C1C=CC(Br)CC1. The molecular formula is C7H9Br. The summed E-state index contributed by atoms with van der Waals surface area (Å²) in [5.41, 5.74) is 1.25. The van der Waals surface area contributed by atoms with Crippen LogP contribution in [0.3, 0.4) is 0 Å². The fraction of sp³-hybridized carbons (Fsp3) is 0.429. The number of hydrogen-bond donors (Lipinski definition) is 0. The van der Waals surface area contributed by atoms with Gasteiger partial charge < -0.3 is 0 Å². The lowest BCUT2D eigenvalue weighted by Crippen LogP contribution is -1.97. The number of hydrogen-bond acceptors (Lipinski definition) is 0. The van der Waals surface area contributed by atoms with Crippen molar-refractivity contribution in [1.29, 1.82) is 0 Å². The molecule has 0 spiro atoms. The first-order chi connectivity index (χ1) is 3.79. The summed E-state index contributed by atoms with van der Waals surface area (Å²) in [5.74, 6) is 0. The number of alkyl halides is 1. The maximum Gasteiger partial charge on any atom is 0.0331 e. The number of halogens is 1. The van der Waals surface area contributed by atoms with E-state index in [4.69, 9.17) is 0 Å². The Balaban J connectivity index is 2.55. The Bertz CT molecular complexity index is 124. The van der Waals surface area contributed by atoms with Crippen LogP contribution in [0.2, 0.25) is 0 Å². The van der Waals surface area contributed by atoms with E-state index < -0.39 is 0 Å². The van der Waals surface area contributed by atoms with Crippen molar-refractivity contribution in [3.8, 4) is 0 Å². The molecule has 0 N–H and O–H groups in total. The largest absolute Gasteiger partial charge is 0.0958 e. The molecule has 1 atom stereocenters. The van der Waals surface area contributed by atoms with Gasteiger partial charge in [0.2, 0.25) is 0 Å². The van der Waals surface area contributed by atoms with Crippen molar-refractivity contribution >= 4 is 15.9 Å². The van der Waals surface area contributed by atoms with Crippen LogP contribution in [0.25, 0.3) is 0 Å². The lowest BCUT2D eigenvalue weighted by molar-refractivity contribution is 0.847. The van der Waals surface area contributed by atoms with Crippen molar-refractivity contribution in [2.45, 2.75) is 17.7 Å². The van der Waals surface area contributed by atoms with Gasteiger partial charge in [0.25, 0.3) is 0 Å². The van der Waals surface area contributed by atoms with E-state index in [1.807, 2.05) is 0 Å². The molecule has 0 saturated carbocycles. The predicted molar refractivity (Wildman–Crippen MR) is 40.2 cm³/mol. The van der Waals surface area contributed by atoms with Crippen LogP contribution >= 0.6 is 15.9 Å². The van der Waals surface area contributed by atoms with Crippen LogP contribution in [-0.2, 0) is 0 Å². The van der Waals surface area contributed by atoms with Gasteiger partial charge in [-0.2, -0.15) is 0 Å². The Hall–Kier alpha value is -0.0400. The van der Waals surface area contributed by atoms with Gasteiger partial charge in [0.15, 0.2) is 0 Å². The van der Waals surface area contributed by atoms with Crippen LogP contribution in [0.1, 0.15) is 12.8 Å². The minimum Gasteiger partial charge on any atom is -0.0958 e. The molecule has 0 heterocycles. The normalized spacial score (nSPS) is 28.6. The Morgan fingerprint density at radius 1 is 1.75 bits per heavy atom. The molecule has 0 aromatic carbocycles. The molecule has 1 rings (SSSR count). The summed E-state index contributed by atoms with van der Waals surface area (Å²) < 4.78 is 0. The van der Waals surface area contributed by atoms with Crippen LogP contribution in [-0.4, -0.2) is 4.83 Å². The molecule has 0 aromatic heterocycles. The molecule has 1 aliphatic carbocycles. The Kier molecular flexibility index (Phi) is 1.90. The number of allylic oxidation sites excluding steroid dienone is 3. The molecular weight excluding hydrogens is 164 g/mol. The van der Waals surface area contributed by atoms with Gasteiger partial charge in [-0.15, -0.1) is 0 Å². The molecule has 0 aliphatic heterocycles. The van der Waals surface area contributed by atoms with Crippen molar-refractivity contribution in [3.63, 3.8) is 0 Å². The van der Waals surface area contributed by atoms with Crippen molar-refractivity contribution < 1.29 is 0 Å². The fourth-order valence-electron chi connectivity index (χ4n) is 0.743. The summed E-state index contributed by atoms with van der Waals surface area (Å²) in [6.45, 7) is 3.84. The third-order valence-electron chi connectivity index (χ3n) is 1.28.